The summed E-state index contributed by atoms with van der Waals surface area (Å²) in [5.74, 6) is 0.429. The minimum absolute atomic E-state index is 0.314. The number of ether oxygens (including phenoxy) is 1. The van der Waals surface area contributed by atoms with Crippen LogP contribution in [0.25, 0.3) is 0 Å². The molecule has 0 bridgehead atoms. The average molecular weight is 235 g/mol. The maximum Gasteiger partial charge on any atom is 0.339 e. The van der Waals surface area contributed by atoms with E-state index in [1.54, 1.807) is 30.8 Å². The highest BCUT2D eigenvalue weighted by atomic mass is 32.2. The summed E-state index contributed by atoms with van der Waals surface area (Å²) < 4.78 is 4.90. The minimum atomic E-state index is -0.433. The van der Waals surface area contributed by atoms with Crippen LogP contribution < -0.4 is 0 Å². The van der Waals surface area contributed by atoms with Crippen molar-refractivity contribution in [3.8, 4) is 6.07 Å². The van der Waals surface area contributed by atoms with Crippen LogP contribution in [0.3, 0.4) is 0 Å². The number of nitriles is 1. The van der Waals surface area contributed by atoms with Crippen molar-refractivity contribution in [2.24, 2.45) is 0 Å². The summed E-state index contributed by atoms with van der Waals surface area (Å²) in [5.41, 5.74) is 0.760. The standard InChI is InChI=1S/C12H13NO2S/c1-3-15-12(14)9-6-5-7-11(16-4-2)10(9)8-13/h5-7H,3-4H2,1-2H3. The van der Waals surface area contributed by atoms with Gasteiger partial charge in [0.1, 0.15) is 6.07 Å². The SMILES string of the molecule is CCOC(=O)c1cccc(SCC)c1C#N. The third-order valence-corrected chi connectivity index (χ3v) is 2.87. The lowest BCUT2D eigenvalue weighted by Gasteiger charge is -2.07. The highest BCUT2D eigenvalue weighted by Gasteiger charge is 2.15. The predicted octanol–water partition coefficient (Wildman–Crippen LogP) is 2.85. The van der Waals surface area contributed by atoms with E-state index in [2.05, 4.69) is 6.07 Å². The number of hydrogen-bond donors (Lipinski definition) is 0. The molecular formula is C12H13NO2S. The smallest absolute Gasteiger partial charge is 0.339 e. The molecule has 0 saturated carbocycles. The van der Waals surface area contributed by atoms with Gasteiger partial charge in [0.2, 0.25) is 0 Å². The molecule has 1 aromatic rings. The molecule has 0 aromatic heterocycles. The molecule has 1 aromatic carbocycles. The molecule has 0 aliphatic heterocycles. The zero-order valence-electron chi connectivity index (χ0n) is 9.32. The van der Waals surface area contributed by atoms with Gasteiger partial charge in [-0.05, 0) is 24.8 Å². The van der Waals surface area contributed by atoms with Gasteiger partial charge in [-0.1, -0.05) is 13.0 Å². The Morgan fingerprint density at radius 3 is 2.81 bits per heavy atom. The molecule has 0 saturated heterocycles. The lowest BCUT2D eigenvalue weighted by molar-refractivity contribution is 0.0525. The van der Waals surface area contributed by atoms with Gasteiger partial charge in [0.25, 0.3) is 0 Å². The van der Waals surface area contributed by atoms with Crippen LogP contribution in [0.4, 0.5) is 0 Å². The van der Waals surface area contributed by atoms with E-state index in [-0.39, 0.29) is 0 Å². The number of nitrogens with zero attached hydrogens (tertiary/aromatic N) is 1. The fourth-order valence-corrected chi connectivity index (χ4v) is 2.09. The monoisotopic (exact) mass is 235 g/mol. The van der Waals surface area contributed by atoms with Gasteiger partial charge < -0.3 is 4.74 Å². The third-order valence-electron chi connectivity index (χ3n) is 1.93. The Morgan fingerprint density at radius 1 is 1.50 bits per heavy atom. The number of benzene rings is 1. The number of hydrogen-bond acceptors (Lipinski definition) is 4. The van der Waals surface area contributed by atoms with Crippen LogP contribution in [0.15, 0.2) is 23.1 Å². The van der Waals surface area contributed by atoms with E-state index in [1.807, 2.05) is 13.0 Å². The van der Waals surface area contributed by atoms with E-state index in [4.69, 9.17) is 10.00 Å². The van der Waals surface area contributed by atoms with Gasteiger partial charge in [-0.2, -0.15) is 5.26 Å². The van der Waals surface area contributed by atoms with E-state index >= 15 is 0 Å². The van der Waals surface area contributed by atoms with Crippen LogP contribution >= 0.6 is 11.8 Å². The van der Waals surface area contributed by atoms with Crippen molar-refractivity contribution in [3.63, 3.8) is 0 Å². The van der Waals surface area contributed by atoms with Crippen LogP contribution in [-0.2, 0) is 4.74 Å². The molecule has 0 aliphatic rings. The fraction of sp³-hybridized carbons (Fsp3) is 0.333. The second kappa shape index (κ2) is 6.19. The number of esters is 1. The average Bonchev–Trinajstić information content (AvgIpc) is 2.29. The van der Waals surface area contributed by atoms with Crippen molar-refractivity contribution in [2.75, 3.05) is 12.4 Å². The van der Waals surface area contributed by atoms with Crippen LogP contribution in [0.5, 0.6) is 0 Å². The number of carbonyl (C=O) groups is 1. The van der Waals surface area contributed by atoms with Gasteiger partial charge in [-0.15, -0.1) is 11.8 Å². The summed E-state index contributed by atoms with van der Waals surface area (Å²) >= 11 is 1.55. The van der Waals surface area contributed by atoms with Crippen molar-refractivity contribution in [3.05, 3.63) is 29.3 Å². The molecule has 0 atom stereocenters. The van der Waals surface area contributed by atoms with Crippen LogP contribution in [-0.4, -0.2) is 18.3 Å². The summed E-state index contributed by atoms with van der Waals surface area (Å²) in [6.07, 6.45) is 0. The second-order valence-electron chi connectivity index (χ2n) is 2.94. The van der Waals surface area contributed by atoms with Crippen molar-refractivity contribution in [2.45, 2.75) is 18.7 Å². The Balaban J connectivity index is 3.14. The van der Waals surface area contributed by atoms with Crippen molar-refractivity contribution in [1.29, 1.82) is 5.26 Å². The van der Waals surface area contributed by atoms with Crippen molar-refractivity contribution < 1.29 is 9.53 Å². The highest BCUT2D eigenvalue weighted by molar-refractivity contribution is 7.99. The Morgan fingerprint density at radius 2 is 2.25 bits per heavy atom. The van der Waals surface area contributed by atoms with Crippen LogP contribution in [0.1, 0.15) is 29.8 Å². The van der Waals surface area contributed by atoms with E-state index < -0.39 is 5.97 Å². The van der Waals surface area contributed by atoms with Crippen LogP contribution in [0.2, 0.25) is 0 Å². The van der Waals surface area contributed by atoms with Crippen molar-refractivity contribution in [1.82, 2.24) is 0 Å². The first-order valence-corrected chi connectivity index (χ1v) is 6.06. The van der Waals surface area contributed by atoms with E-state index in [1.165, 1.54) is 0 Å². The summed E-state index contributed by atoms with van der Waals surface area (Å²) in [6, 6.07) is 7.30. The molecular weight excluding hydrogens is 222 g/mol. The molecule has 0 radical (unpaired) electrons. The molecule has 0 N–H and O–H groups in total. The predicted molar refractivity (Wildman–Crippen MR) is 63.5 cm³/mol. The quantitative estimate of drug-likeness (QED) is 0.594. The molecule has 0 unspecified atom stereocenters. The zero-order valence-corrected chi connectivity index (χ0v) is 10.1. The summed E-state index contributed by atoms with van der Waals surface area (Å²) in [6.45, 7) is 4.06. The maximum absolute atomic E-state index is 11.6. The van der Waals surface area contributed by atoms with Gasteiger partial charge in [-0.3, -0.25) is 0 Å². The Hall–Kier alpha value is -1.47. The molecule has 4 heteroatoms. The normalized spacial score (nSPS) is 9.56. The minimum Gasteiger partial charge on any atom is -0.462 e. The van der Waals surface area contributed by atoms with Gasteiger partial charge in [0.05, 0.1) is 17.7 Å². The molecule has 3 nitrogen and oxygen atoms in total. The summed E-state index contributed by atoms with van der Waals surface area (Å²) in [4.78, 5) is 12.4. The molecule has 0 aliphatic carbocycles. The summed E-state index contributed by atoms with van der Waals surface area (Å²) in [5, 5.41) is 9.07. The number of thioether (sulfide) groups is 1. The number of rotatable bonds is 4. The summed E-state index contributed by atoms with van der Waals surface area (Å²) in [7, 11) is 0. The first kappa shape index (κ1) is 12.6. The lowest BCUT2D eigenvalue weighted by atomic mass is 10.1. The molecule has 16 heavy (non-hydrogen) atoms. The Labute approximate surface area is 99.4 Å². The Bertz CT molecular complexity index is 424. The van der Waals surface area contributed by atoms with E-state index in [0.717, 1.165) is 10.6 Å². The van der Waals surface area contributed by atoms with Gasteiger partial charge >= 0.3 is 5.97 Å². The molecule has 84 valence electrons. The maximum atomic E-state index is 11.6. The van der Waals surface area contributed by atoms with Gasteiger partial charge in [0, 0.05) is 4.90 Å². The first-order chi connectivity index (χ1) is 7.74. The first-order valence-electron chi connectivity index (χ1n) is 5.07. The third kappa shape index (κ3) is 2.77. The molecule has 1 rings (SSSR count). The second-order valence-corrected chi connectivity index (χ2v) is 4.25. The Kier molecular flexibility index (Phi) is 4.87. The zero-order chi connectivity index (χ0) is 12.0. The van der Waals surface area contributed by atoms with Gasteiger partial charge in [-0.25, -0.2) is 4.79 Å². The van der Waals surface area contributed by atoms with Crippen LogP contribution in [0, 0.1) is 11.3 Å². The highest BCUT2D eigenvalue weighted by Crippen LogP contribution is 2.25. The molecule has 0 amide bonds. The molecule has 0 heterocycles. The molecule has 0 spiro atoms. The number of carbonyl (C=O) groups excluding carboxylic acids is 1. The lowest BCUT2D eigenvalue weighted by Crippen LogP contribution is -2.07. The fourth-order valence-electron chi connectivity index (χ4n) is 1.30. The van der Waals surface area contributed by atoms with E-state index in [0.29, 0.717) is 17.7 Å². The van der Waals surface area contributed by atoms with Gasteiger partial charge in [0.15, 0.2) is 0 Å². The topological polar surface area (TPSA) is 50.1 Å². The molecule has 0 fully saturated rings. The largest absolute Gasteiger partial charge is 0.462 e. The van der Waals surface area contributed by atoms with E-state index in [9.17, 15) is 4.79 Å². The van der Waals surface area contributed by atoms with Crippen molar-refractivity contribution >= 4 is 17.7 Å².